The summed E-state index contributed by atoms with van der Waals surface area (Å²) in [5.41, 5.74) is 5.94. The quantitative estimate of drug-likeness (QED) is 0.636. The molecule has 0 aliphatic rings. The SMILES string of the molecule is C=CC(C)N(CCC)CC(C)(C)CN. The molecule has 0 radical (unpaired) electrons. The fraction of sp³-hybridized carbons (Fsp3) is 0.833. The fourth-order valence-corrected chi connectivity index (χ4v) is 1.48. The van der Waals surface area contributed by atoms with Crippen molar-refractivity contribution in [2.75, 3.05) is 19.6 Å². The van der Waals surface area contributed by atoms with Crippen molar-refractivity contribution in [1.29, 1.82) is 0 Å². The van der Waals surface area contributed by atoms with Gasteiger partial charge in [0.2, 0.25) is 0 Å². The molecule has 0 aliphatic carbocycles. The minimum Gasteiger partial charge on any atom is -0.330 e. The van der Waals surface area contributed by atoms with Gasteiger partial charge >= 0.3 is 0 Å². The van der Waals surface area contributed by atoms with Crippen molar-refractivity contribution >= 4 is 0 Å². The summed E-state index contributed by atoms with van der Waals surface area (Å²) in [6.45, 7) is 15.6. The highest BCUT2D eigenvalue weighted by molar-refractivity contribution is 4.87. The molecule has 2 N–H and O–H groups in total. The maximum absolute atomic E-state index is 5.74. The molecular weight excluding hydrogens is 172 g/mol. The van der Waals surface area contributed by atoms with E-state index in [4.69, 9.17) is 5.73 Å². The average Bonchev–Trinajstić information content (AvgIpc) is 2.16. The Bertz CT molecular complexity index is 164. The number of hydrogen-bond donors (Lipinski definition) is 1. The van der Waals surface area contributed by atoms with Crippen LogP contribution in [0.15, 0.2) is 12.7 Å². The summed E-state index contributed by atoms with van der Waals surface area (Å²) in [6, 6.07) is 0.445. The summed E-state index contributed by atoms with van der Waals surface area (Å²) >= 11 is 0. The fourth-order valence-electron chi connectivity index (χ4n) is 1.48. The minimum atomic E-state index is 0.201. The van der Waals surface area contributed by atoms with Crippen LogP contribution in [0.4, 0.5) is 0 Å². The molecular formula is C12H26N2. The third-order valence-electron chi connectivity index (χ3n) is 2.61. The van der Waals surface area contributed by atoms with Gasteiger partial charge in [0.05, 0.1) is 0 Å². The molecule has 0 heterocycles. The number of nitrogens with two attached hydrogens (primary N) is 1. The van der Waals surface area contributed by atoms with E-state index in [1.165, 1.54) is 6.42 Å². The van der Waals surface area contributed by atoms with E-state index >= 15 is 0 Å². The molecule has 1 atom stereocenters. The Labute approximate surface area is 89.2 Å². The smallest absolute Gasteiger partial charge is 0.0247 e. The van der Waals surface area contributed by atoms with Crippen LogP contribution in [0, 0.1) is 5.41 Å². The Morgan fingerprint density at radius 1 is 1.50 bits per heavy atom. The molecule has 0 fully saturated rings. The topological polar surface area (TPSA) is 29.3 Å². The first-order valence-corrected chi connectivity index (χ1v) is 5.53. The van der Waals surface area contributed by atoms with Crippen LogP contribution in [0.1, 0.15) is 34.1 Å². The van der Waals surface area contributed by atoms with Crippen LogP contribution >= 0.6 is 0 Å². The van der Waals surface area contributed by atoms with E-state index in [9.17, 15) is 0 Å². The molecule has 2 nitrogen and oxygen atoms in total. The van der Waals surface area contributed by atoms with Crippen molar-refractivity contribution in [1.82, 2.24) is 4.90 Å². The zero-order valence-corrected chi connectivity index (χ0v) is 10.2. The Morgan fingerprint density at radius 3 is 2.43 bits per heavy atom. The van der Waals surface area contributed by atoms with Gasteiger partial charge in [-0.1, -0.05) is 26.8 Å². The Balaban J connectivity index is 4.28. The van der Waals surface area contributed by atoms with Crippen LogP contribution in [0.25, 0.3) is 0 Å². The molecule has 0 rings (SSSR count). The normalized spacial score (nSPS) is 14.4. The van der Waals surface area contributed by atoms with E-state index in [0.29, 0.717) is 6.04 Å². The standard InChI is InChI=1S/C12H26N2/c1-6-8-14(11(3)7-2)10-12(4,5)9-13/h7,11H,2,6,8-10,13H2,1,3-5H3. The molecule has 0 spiro atoms. The van der Waals surface area contributed by atoms with Gasteiger partial charge in [-0.2, -0.15) is 0 Å². The number of nitrogens with zero attached hydrogens (tertiary/aromatic N) is 1. The van der Waals surface area contributed by atoms with Crippen LogP contribution in [-0.2, 0) is 0 Å². The second-order valence-corrected chi connectivity index (χ2v) is 4.82. The lowest BCUT2D eigenvalue weighted by atomic mass is 9.92. The molecule has 0 saturated heterocycles. The Morgan fingerprint density at radius 2 is 2.07 bits per heavy atom. The van der Waals surface area contributed by atoms with E-state index in [-0.39, 0.29) is 5.41 Å². The van der Waals surface area contributed by atoms with Gasteiger partial charge in [-0.25, -0.2) is 0 Å². The van der Waals surface area contributed by atoms with Crippen LogP contribution in [0.2, 0.25) is 0 Å². The van der Waals surface area contributed by atoms with Crippen molar-refractivity contribution in [2.45, 2.75) is 40.2 Å². The second kappa shape index (κ2) is 6.20. The summed E-state index contributed by atoms with van der Waals surface area (Å²) < 4.78 is 0. The molecule has 0 aliphatic heterocycles. The lowest BCUT2D eigenvalue weighted by molar-refractivity contribution is 0.161. The molecule has 0 aromatic heterocycles. The maximum Gasteiger partial charge on any atom is 0.0247 e. The van der Waals surface area contributed by atoms with Crippen molar-refractivity contribution in [2.24, 2.45) is 11.1 Å². The summed E-state index contributed by atoms with van der Waals surface area (Å²) in [7, 11) is 0. The second-order valence-electron chi connectivity index (χ2n) is 4.82. The molecule has 2 heteroatoms. The molecule has 0 amide bonds. The zero-order chi connectivity index (χ0) is 11.2. The molecule has 0 aromatic carbocycles. The van der Waals surface area contributed by atoms with E-state index in [0.717, 1.165) is 19.6 Å². The van der Waals surface area contributed by atoms with Crippen molar-refractivity contribution in [3.05, 3.63) is 12.7 Å². The number of hydrogen-bond acceptors (Lipinski definition) is 2. The lowest BCUT2D eigenvalue weighted by Gasteiger charge is -2.34. The van der Waals surface area contributed by atoms with Gasteiger partial charge in [0, 0.05) is 12.6 Å². The third-order valence-corrected chi connectivity index (χ3v) is 2.61. The number of rotatable bonds is 7. The van der Waals surface area contributed by atoms with Gasteiger partial charge in [-0.3, -0.25) is 4.90 Å². The van der Waals surface area contributed by atoms with Crippen molar-refractivity contribution in [3.63, 3.8) is 0 Å². The van der Waals surface area contributed by atoms with Gasteiger partial charge in [0.15, 0.2) is 0 Å². The molecule has 14 heavy (non-hydrogen) atoms. The van der Waals surface area contributed by atoms with Crippen LogP contribution < -0.4 is 5.73 Å². The predicted molar refractivity (Wildman–Crippen MR) is 64.4 cm³/mol. The summed E-state index contributed by atoms with van der Waals surface area (Å²) in [6.07, 6.45) is 3.18. The zero-order valence-electron chi connectivity index (χ0n) is 10.2. The molecule has 84 valence electrons. The van der Waals surface area contributed by atoms with Gasteiger partial charge < -0.3 is 5.73 Å². The van der Waals surface area contributed by atoms with Crippen molar-refractivity contribution < 1.29 is 0 Å². The molecule has 0 aromatic rings. The van der Waals surface area contributed by atoms with E-state index in [1.54, 1.807) is 0 Å². The molecule has 0 bridgehead atoms. The predicted octanol–water partition coefficient (Wildman–Crippen LogP) is 2.26. The largest absolute Gasteiger partial charge is 0.330 e. The first kappa shape index (κ1) is 13.7. The van der Waals surface area contributed by atoms with Gasteiger partial charge in [-0.05, 0) is 31.8 Å². The van der Waals surface area contributed by atoms with Crippen LogP contribution in [0.3, 0.4) is 0 Å². The highest BCUT2D eigenvalue weighted by Gasteiger charge is 2.21. The first-order chi connectivity index (χ1) is 6.46. The van der Waals surface area contributed by atoms with Gasteiger partial charge in [0.1, 0.15) is 0 Å². The highest BCUT2D eigenvalue weighted by Crippen LogP contribution is 2.17. The Kier molecular flexibility index (Phi) is 6.05. The average molecular weight is 198 g/mol. The summed E-state index contributed by atoms with van der Waals surface area (Å²) in [5.74, 6) is 0. The maximum atomic E-state index is 5.74. The minimum absolute atomic E-state index is 0.201. The van der Waals surface area contributed by atoms with Crippen LogP contribution in [0.5, 0.6) is 0 Å². The summed E-state index contributed by atoms with van der Waals surface area (Å²) in [4.78, 5) is 2.44. The highest BCUT2D eigenvalue weighted by atomic mass is 15.2. The van der Waals surface area contributed by atoms with Crippen LogP contribution in [-0.4, -0.2) is 30.6 Å². The Hall–Kier alpha value is -0.340. The van der Waals surface area contributed by atoms with Gasteiger partial charge in [-0.15, -0.1) is 6.58 Å². The van der Waals surface area contributed by atoms with Gasteiger partial charge in [0.25, 0.3) is 0 Å². The van der Waals surface area contributed by atoms with Crippen molar-refractivity contribution in [3.8, 4) is 0 Å². The van der Waals surface area contributed by atoms with E-state index in [2.05, 4.69) is 39.2 Å². The van der Waals surface area contributed by atoms with E-state index in [1.807, 2.05) is 6.08 Å². The monoisotopic (exact) mass is 198 g/mol. The lowest BCUT2D eigenvalue weighted by Crippen LogP contribution is -2.42. The molecule has 0 saturated carbocycles. The molecule has 1 unspecified atom stereocenters. The van der Waals surface area contributed by atoms with E-state index < -0.39 is 0 Å². The third kappa shape index (κ3) is 4.77. The first-order valence-electron chi connectivity index (χ1n) is 5.53. The summed E-state index contributed by atoms with van der Waals surface area (Å²) in [5, 5.41) is 0.